The molecule has 0 spiro atoms. The number of hydrogen-bond acceptors (Lipinski definition) is 6. The summed E-state index contributed by atoms with van der Waals surface area (Å²) in [7, 11) is -2.77. The lowest BCUT2D eigenvalue weighted by Crippen LogP contribution is -2.29. The minimum atomic E-state index is -4.16. The van der Waals surface area contributed by atoms with Crippen LogP contribution in [0.15, 0.2) is 38.9 Å². The van der Waals surface area contributed by atoms with E-state index in [1.807, 2.05) is 4.98 Å². The number of rotatable bonds is 4. The van der Waals surface area contributed by atoms with E-state index in [0.29, 0.717) is 5.69 Å². The Morgan fingerprint density at radius 3 is 2.62 bits per heavy atom. The van der Waals surface area contributed by atoms with Gasteiger partial charge in [0.25, 0.3) is 15.6 Å². The molecule has 0 atom stereocenters. The number of H-pyrrole nitrogens is 2. The average Bonchev–Trinajstić information content (AvgIpc) is 2.40. The van der Waals surface area contributed by atoms with Crippen LogP contribution in [0.3, 0.4) is 0 Å². The lowest BCUT2D eigenvalue weighted by Gasteiger charge is -2.10. The van der Waals surface area contributed by atoms with Crippen LogP contribution in [0.1, 0.15) is 0 Å². The highest BCUT2D eigenvalue weighted by atomic mass is 32.2. The Morgan fingerprint density at radius 1 is 1.29 bits per heavy atom. The van der Waals surface area contributed by atoms with Gasteiger partial charge in [-0.3, -0.25) is 14.5 Å². The Bertz CT molecular complexity index is 884. The van der Waals surface area contributed by atoms with Crippen molar-refractivity contribution >= 4 is 21.4 Å². The molecule has 0 aliphatic heterocycles. The lowest BCUT2D eigenvalue weighted by molar-refractivity contribution is 0.417. The predicted octanol–water partition coefficient (Wildman–Crippen LogP) is -0.545. The van der Waals surface area contributed by atoms with Gasteiger partial charge >= 0.3 is 5.69 Å². The molecule has 1 aromatic carbocycles. The molecular formula is C11H12N4O5S. The van der Waals surface area contributed by atoms with Crippen molar-refractivity contribution in [2.45, 2.75) is 4.90 Å². The average molecular weight is 312 g/mol. The molecule has 9 nitrogen and oxygen atoms in total. The molecule has 21 heavy (non-hydrogen) atoms. The van der Waals surface area contributed by atoms with E-state index < -0.39 is 26.2 Å². The fourth-order valence-electron chi connectivity index (χ4n) is 1.58. The van der Waals surface area contributed by atoms with Crippen LogP contribution < -0.4 is 26.4 Å². The summed E-state index contributed by atoms with van der Waals surface area (Å²) in [4.78, 5) is 25.7. The van der Waals surface area contributed by atoms with E-state index in [-0.39, 0.29) is 11.4 Å². The van der Waals surface area contributed by atoms with Crippen LogP contribution in [0, 0.1) is 0 Å². The van der Waals surface area contributed by atoms with Crippen molar-refractivity contribution in [2.75, 3.05) is 17.6 Å². The second-order valence-electron chi connectivity index (χ2n) is 4.00. The highest BCUT2D eigenvalue weighted by Crippen LogP contribution is 2.26. The summed E-state index contributed by atoms with van der Waals surface area (Å²) in [6.45, 7) is 0. The van der Waals surface area contributed by atoms with E-state index in [4.69, 9.17) is 10.5 Å². The van der Waals surface area contributed by atoms with Gasteiger partial charge in [-0.1, -0.05) is 0 Å². The fourth-order valence-corrected chi connectivity index (χ4v) is 2.64. The SMILES string of the molecule is COc1cc(NS(=O)(=O)c2c[nH]c(=O)[nH]c2=O)ccc1N. The van der Waals surface area contributed by atoms with Crippen LogP contribution in [0.5, 0.6) is 5.75 Å². The first-order valence-electron chi connectivity index (χ1n) is 5.62. The highest BCUT2D eigenvalue weighted by molar-refractivity contribution is 7.92. The molecule has 2 rings (SSSR count). The van der Waals surface area contributed by atoms with Gasteiger partial charge in [0.1, 0.15) is 5.75 Å². The maximum atomic E-state index is 12.1. The molecule has 112 valence electrons. The molecule has 0 unspecified atom stereocenters. The standard InChI is InChI=1S/C11H12N4O5S/c1-20-8-4-6(2-3-7(8)12)15-21(18,19)9-5-13-11(17)14-10(9)16/h2-5,15H,12H2,1H3,(H2,13,14,16,17). The number of anilines is 2. The molecule has 0 saturated carbocycles. The smallest absolute Gasteiger partial charge is 0.325 e. The van der Waals surface area contributed by atoms with E-state index in [1.54, 1.807) is 0 Å². The van der Waals surface area contributed by atoms with Crippen molar-refractivity contribution in [3.63, 3.8) is 0 Å². The fraction of sp³-hybridized carbons (Fsp3) is 0.0909. The van der Waals surface area contributed by atoms with Gasteiger partial charge in [-0.25, -0.2) is 13.2 Å². The van der Waals surface area contributed by atoms with E-state index >= 15 is 0 Å². The van der Waals surface area contributed by atoms with Crippen LogP contribution in [0.2, 0.25) is 0 Å². The third kappa shape index (κ3) is 3.05. The molecule has 1 heterocycles. The second kappa shape index (κ2) is 5.32. The van der Waals surface area contributed by atoms with Crippen LogP contribution in [-0.2, 0) is 10.0 Å². The van der Waals surface area contributed by atoms with Crippen LogP contribution >= 0.6 is 0 Å². The number of aromatic amines is 2. The minimum Gasteiger partial charge on any atom is -0.495 e. The van der Waals surface area contributed by atoms with Gasteiger partial charge in [0.05, 0.1) is 18.5 Å². The van der Waals surface area contributed by atoms with Gasteiger partial charge in [-0.2, -0.15) is 0 Å². The Morgan fingerprint density at radius 2 is 2.00 bits per heavy atom. The third-order valence-corrected chi connectivity index (χ3v) is 3.95. The summed E-state index contributed by atoms with van der Waals surface area (Å²) in [5.74, 6) is 0.283. The first-order chi connectivity index (χ1) is 9.83. The minimum absolute atomic E-state index is 0.159. The molecular weight excluding hydrogens is 300 g/mol. The zero-order chi connectivity index (χ0) is 15.6. The Kier molecular flexibility index (Phi) is 3.72. The maximum absolute atomic E-state index is 12.1. The van der Waals surface area contributed by atoms with Crippen LogP contribution in [0.25, 0.3) is 0 Å². The molecule has 0 saturated heterocycles. The Balaban J connectivity index is 2.42. The zero-order valence-corrected chi connectivity index (χ0v) is 11.7. The van der Waals surface area contributed by atoms with Crippen molar-refractivity contribution in [3.8, 4) is 5.75 Å². The van der Waals surface area contributed by atoms with E-state index in [2.05, 4.69) is 9.71 Å². The van der Waals surface area contributed by atoms with Gasteiger partial charge in [-0.05, 0) is 12.1 Å². The first kappa shape index (κ1) is 14.7. The summed E-state index contributed by atoms with van der Waals surface area (Å²) in [6, 6.07) is 4.23. The van der Waals surface area contributed by atoms with Crippen molar-refractivity contribution in [3.05, 3.63) is 45.2 Å². The number of hydrogen-bond donors (Lipinski definition) is 4. The molecule has 5 N–H and O–H groups in total. The predicted molar refractivity (Wildman–Crippen MR) is 75.9 cm³/mol. The van der Waals surface area contributed by atoms with Crippen molar-refractivity contribution in [1.29, 1.82) is 0 Å². The summed E-state index contributed by atoms with van der Waals surface area (Å²) in [6.07, 6.45) is 0.817. The first-order valence-corrected chi connectivity index (χ1v) is 7.10. The number of sulfonamides is 1. The van der Waals surface area contributed by atoms with E-state index in [0.717, 1.165) is 6.20 Å². The van der Waals surface area contributed by atoms with E-state index in [9.17, 15) is 18.0 Å². The molecule has 0 amide bonds. The van der Waals surface area contributed by atoms with Gasteiger partial charge < -0.3 is 15.5 Å². The normalized spacial score (nSPS) is 11.1. The van der Waals surface area contributed by atoms with Gasteiger partial charge in [0.2, 0.25) is 0 Å². The maximum Gasteiger partial charge on any atom is 0.325 e. The largest absolute Gasteiger partial charge is 0.495 e. The summed E-state index contributed by atoms with van der Waals surface area (Å²) in [5.41, 5.74) is 4.30. The molecule has 1 aromatic heterocycles. The number of benzene rings is 1. The number of ether oxygens (including phenoxy) is 1. The number of aromatic nitrogens is 2. The lowest BCUT2D eigenvalue weighted by atomic mass is 10.3. The van der Waals surface area contributed by atoms with Crippen LogP contribution in [0.4, 0.5) is 11.4 Å². The van der Waals surface area contributed by atoms with Crippen LogP contribution in [-0.4, -0.2) is 25.5 Å². The number of methoxy groups -OCH3 is 1. The topological polar surface area (TPSA) is 147 Å². The van der Waals surface area contributed by atoms with Gasteiger partial charge in [-0.15, -0.1) is 0 Å². The summed E-state index contributed by atoms with van der Waals surface area (Å²) in [5, 5.41) is 0. The molecule has 0 fully saturated rings. The highest BCUT2D eigenvalue weighted by Gasteiger charge is 2.19. The van der Waals surface area contributed by atoms with E-state index in [1.165, 1.54) is 25.3 Å². The zero-order valence-electron chi connectivity index (χ0n) is 10.8. The third-order valence-electron chi connectivity index (χ3n) is 2.56. The van der Waals surface area contributed by atoms with Crippen molar-refractivity contribution in [2.24, 2.45) is 0 Å². The van der Waals surface area contributed by atoms with Crippen molar-refractivity contribution < 1.29 is 13.2 Å². The summed E-state index contributed by atoms with van der Waals surface area (Å²) < 4.78 is 31.3. The Labute approximate surface area is 118 Å². The molecule has 0 bridgehead atoms. The molecule has 10 heteroatoms. The number of nitrogens with one attached hydrogen (secondary N) is 3. The number of nitrogens with two attached hydrogens (primary N) is 1. The summed E-state index contributed by atoms with van der Waals surface area (Å²) >= 11 is 0. The molecule has 0 aliphatic rings. The Hall–Kier alpha value is -2.75. The quantitative estimate of drug-likeness (QED) is 0.557. The van der Waals surface area contributed by atoms with Gasteiger partial charge in [0.15, 0.2) is 4.90 Å². The molecule has 0 aliphatic carbocycles. The second-order valence-corrected chi connectivity index (χ2v) is 5.65. The monoisotopic (exact) mass is 312 g/mol. The van der Waals surface area contributed by atoms with Gasteiger partial charge in [0, 0.05) is 12.3 Å². The molecule has 0 radical (unpaired) electrons. The molecule has 2 aromatic rings. The van der Waals surface area contributed by atoms with Crippen molar-refractivity contribution in [1.82, 2.24) is 9.97 Å². The number of nitrogen functional groups attached to an aromatic ring is 1.